The van der Waals surface area contributed by atoms with Gasteiger partial charge in [-0.15, -0.1) is 0 Å². The lowest BCUT2D eigenvalue weighted by Crippen LogP contribution is -2.63. The van der Waals surface area contributed by atoms with Gasteiger partial charge in [-0.25, -0.2) is 19.0 Å². The van der Waals surface area contributed by atoms with Gasteiger partial charge in [-0.05, 0) is 17.7 Å². The number of fused-ring (bicyclic) bond motifs is 1. The summed E-state index contributed by atoms with van der Waals surface area (Å²) in [6, 6.07) is 17.9. The Hall–Kier alpha value is -3.52. The number of aromatic nitrogens is 1. The predicted molar refractivity (Wildman–Crippen MR) is 106 cm³/mol. The average molecular weight is 407 g/mol. The molecule has 0 bridgehead atoms. The Labute approximate surface area is 171 Å². The van der Waals surface area contributed by atoms with Crippen LogP contribution in [0.15, 0.2) is 60.7 Å². The van der Waals surface area contributed by atoms with E-state index < -0.39 is 23.7 Å². The van der Waals surface area contributed by atoms with Crippen LogP contribution in [0.2, 0.25) is 0 Å². The molecule has 3 heterocycles. The number of rotatable bonds is 3. The van der Waals surface area contributed by atoms with E-state index in [1.807, 2.05) is 35.2 Å². The summed E-state index contributed by atoms with van der Waals surface area (Å²) in [5.41, 5.74) is 1.54. The smallest absolute Gasteiger partial charge is 0.394 e. The Morgan fingerprint density at radius 3 is 2.43 bits per heavy atom. The first-order valence-corrected chi connectivity index (χ1v) is 9.60. The van der Waals surface area contributed by atoms with Crippen molar-refractivity contribution in [3.63, 3.8) is 0 Å². The van der Waals surface area contributed by atoms with E-state index in [2.05, 4.69) is 4.98 Å². The lowest BCUT2D eigenvalue weighted by Gasteiger charge is -2.45. The van der Waals surface area contributed by atoms with E-state index in [4.69, 9.17) is 9.47 Å². The van der Waals surface area contributed by atoms with Gasteiger partial charge >= 0.3 is 17.8 Å². The Kier molecular flexibility index (Phi) is 4.36. The summed E-state index contributed by atoms with van der Waals surface area (Å²) in [7, 11) is 0. The molecule has 1 spiro atoms. The van der Waals surface area contributed by atoms with Gasteiger partial charge in [-0.3, -0.25) is 9.80 Å². The van der Waals surface area contributed by atoms with Crippen molar-refractivity contribution in [2.24, 2.45) is 0 Å². The third-order valence-electron chi connectivity index (χ3n) is 5.32. The third-order valence-corrected chi connectivity index (χ3v) is 5.32. The molecule has 0 N–H and O–H groups in total. The highest BCUT2D eigenvalue weighted by molar-refractivity contribution is 6.31. The number of piperazine rings is 1. The second-order valence-electron chi connectivity index (χ2n) is 7.32. The van der Waals surface area contributed by atoms with Crippen molar-refractivity contribution in [3.05, 3.63) is 72.0 Å². The van der Waals surface area contributed by atoms with Crippen LogP contribution in [0.1, 0.15) is 5.56 Å². The molecule has 0 amide bonds. The molecule has 2 aromatic carbocycles. The lowest BCUT2D eigenvalue weighted by molar-refractivity contribution is -0.193. The molecular weight excluding hydrogens is 389 g/mol. The van der Waals surface area contributed by atoms with E-state index >= 15 is 0 Å². The largest absolute Gasteiger partial charge is 0.422 e. The summed E-state index contributed by atoms with van der Waals surface area (Å²) in [5, 5.41) is 0.387. The van der Waals surface area contributed by atoms with Crippen molar-refractivity contribution >= 4 is 28.7 Å². The second-order valence-corrected chi connectivity index (χ2v) is 7.32. The van der Waals surface area contributed by atoms with E-state index in [0.717, 1.165) is 5.56 Å². The van der Waals surface area contributed by atoms with E-state index in [1.165, 1.54) is 6.07 Å². The monoisotopic (exact) mass is 407 g/mol. The zero-order valence-corrected chi connectivity index (χ0v) is 16.0. The average Bonchev–Trinajstić information content (AvgIpc) is 3.02. The molecule has 30 heavy (non-hydrogen) atoms. The second kappa shape index (κ2) is 7.07. The van der Waals surface area contributed by atoms with Crippen molar-refractivity contribution < 1.29 is 23.5 Å². The van der Waals surface area contributed by atoms with Crippen molar-refractivity contribution in [3.8, 4) is 0 Å². The summed E-state index contributed by atoms with van der Waals surface area (Å²) < 4.78 is 25.5. The highest BCUT2D eigenvalue weighted by Crippen LogP contribution is 2.35. The van der Waals surface area contributed by atoms with Gasteiger partial charge in [0.15, 0.2) is 0 Å². The van der Waals surface area contributed by atoms with Crippen molar-refractivity contribution in [2.75, 3.05) is 24.5 Å². The molecule has 152 valence electrons. The molecule has 0 saturated carbocycles. The van der Waals surface area contributed by atoms with Gasteiger partial charge in [0.2, 0.25) is 0 Å². The van der Waals surface area contributed by atoms with Crippen molar-refractivity contribution in [1.29, 1.82) is 0 Å². The molecular formula is C22H18FN3O4. The minimum Gasteiger partial charge on any atom is -0.394 e. The third kappa shape index (κ3) is 3.15. The van der Waals surface area contributed by atoms with Crippen molar-refractivity contribution in [2.45, 2.75) is 12.5 Å². The van der Waals surface area contributed by atoms with Crippen LogP contribution in [0.3, 0.4) is 0 Å². The summed E-state index contributed by atoms with van der Waals surface area (Å²) in [5.74, 6) is -4.02. The summed E-state index contributed by atoms with van der Waals surface area (Å²) in [6.07, 6.45) is 0. The van der Waals surface area contributed by atoms with Crippen LogP contribution < -0.4 is 4.90 Å². The van der Waals surface area contributed by atoms with Crippen molar-refractivity contribution in [1.82, 2.24) is 9.88 Å². The number of carbonyl (C=O) groups is 2. The number of hydrogen-bond donors (Lipinski definition) is 0. The minimum atomic E-state index is -1.68. The van der Waals surface area contributed by atoms with Crippen LogP contribution in [0, 0.1) is 5.82 Å². The molecule has 5 rings (SSSR count). The number of nitrogens with zero attached hydrogens (tertiary/aromatic N) is 3. The number of esters is 2. The van der Waals surface area contributed by atoms with Crippen LogP contribution in [-0.2, 0) is 25.6 Å². The number of pyridine rings is 1. The van der Waals surface area contributed by atoms with Gasteiger partial charge < -0.3 is 9.47 Å². The van der Waals surface area contributed by atoms with Crippen LogP contribution >= 0.6 is 0 Å². The molecule has 1 aromatic heterocycles. The zero-order chi connectivity index (χ0) is 20.7. The summed E-state index contributed by atoms with van der Waals surface area (Å²) >= 11 is 0. The number of halogens is 1. The maximum atomic E-state index is 14.7. The fourth-order valence-electron chi connectivity index (χ4n) is 3.95. The van der Waals surface area contributed by atoms with Gasteiger partial charge in [-0.2, -0.15) is 0 Å². The number of carbonyl (C=O) groups excluding carboxylic acids is 2. The predicted octanol–water partition coefficient (Wildman–Crippen LogP) is 2.45. The quantitative estimate of drug-likeness (QED) is 0.488. The first-order chi connectivity index (χ1) is 14.5. The van der Waals surface area contributed by atoms with Crippen LogP contribution in [0.4, 0.5) is 10.2 Å². The lowest BCUT2D eigenvalue weighted by atomic mass is 10.1. The molecule has 0 atom stereocenters. The van der Waals surface area contributed by atoms with Gasteiger partial charge in [0.25, 0.3) is 0 Å². The van der Waals surface area contributed by atoms with Crippen LogP contribution in [0.25, 0.3) is 10.9 Å². The summed E-state index contributed by atoms with van der Waals surface area (Å²) in [4.78, 5) is 32.0. The molecule has 8 heteroatoms. The van der Waals surface area contributed by atoms with Crippen LogP contribution in [0.5, 0.6) is 0 Å². The highest BCUT2D eigenvalue weighted by Gasteiger charge is 2.56. The minimum absolute atomic E-state index is 0.121. The van der Waals surface area contributed by atoms with E-state index in [0.29, 0.717) is 30.5 Å². The maximum Gasteiger partial charge on any atom is 0.422 e. The molecule has 7 nitrogen and oxygen atoms in total. The van der Waals surface area contributed by atoms with E-state index in [9.17, 15) is 14.0 Å². The summed E-state index contributed by atoms with van der Waals surface area (Å²) in [6.45, 7) is 1.63. The molecule has 2 saturated heterocycles. The number of benzene rings is 2. The Morgan fingerprint density at radius 1 is 0.967 bits per heavy atom. The SMILES string of the molecule is O=C1OC2(CN(Cc3ccccc3)CCN2c2cc(F)c3ccccc3n2)OC1=O. The number of para-hydroxylation sites is 1. The Morgan fingerprint density at radius 2 is 1.67 bits per heavy atom. The number of hydrogen-bond acceptors (Lipinski definition) is 7. The first-order valence-electron chi connectivity index (χ1n) is 9.60. The first kappa shape index (κ1) is 18.5. The van der Waals surface area contributed by atoms with E-state index in [-0.39, 0.29) is 12.4 Å². The molecule has 2 fully saturated rings. The fourth-order valence-corrected chi connectivity index (χ4v) is 3.95. The highest BCUT2D eigenvalue weighted by atomic mass is 19.1. The van der Waals surface area contributed by atoms with Gasteiger partial charge in [-0.1, -0.05) is 42.5 Å². The van der Waals surface area contributed by atoms with E-state index in [1.54, 1.807) is 29.2 Å². The topological polar surface area (TPSA) is 72.0 Å². The Bertz CT molecular complexity index is 1120. The van der Waals surface area contributed by atoms with Gasteiger partial charge in [0, 0.05) is 31.1 Å². The normalized spacial score (nSPS) is 18.6. The molecule has 0 radical (unpaired) electrons. The van der Waals surface area contributed by atoms with Gasteiger partial charge in [0.05, 0.1) is 12.1 Å². The van der Waals surface area contributed by atoms with Gasteiger partial charge in [0.1, 0.15) is 11.6 Å². The number of anilines is 1. The molecule has 2 aliphatic rings. The fraction of sp³-hybridized carbons (Fsp3) is 0.227. The molecule has 3 aromatic rings. The maximum absolute atomic E-state index is 14.7. The molecule has 0 aliphatic carbocycles. The molecule has 2 aliphatic heterocycles. The standard InChI is InChI=1S/C22H18FN3O4/c23-17-12-19(24-18-9-5-4-8-16(17)18)26-11-10-25(13-15-6-2-1-3-7-15)14-22(26)29-20(27)21(28)30-22/h1-9,12H,10-11,13-14H2. The Balaban J connectivity index is 1.50. The molecule has 0 unspecified atom stereocenters. The number of ether oxygens (including phenoxy) is 2. The zero-order valence-electron chi connectivity index (χ0n) is 16.0. The van der Waals surface area contributed by atoms with Crippen LogP contribution in [-0.4, -0.2) is 47.4 Å².